The zero-order valence-corrected chi connectivity index (χ0v) is 17.2. The summed E-state index contributed by atoms with van der Waals surface area (Å²) in [6.45, 7) is -3.49. The molecule has 4 rings (SSSR count). The number of halogens is 2. The molecule has 168 valence electrons. The Labute approximate surface area is 188 Å². The molecule has 9 heteroatoms. The van der Waals surface area contributed by atoms with Crippen LogP contribution in [0.5, 0.6) is 5.75 Å². The molecule has 1 saturated heterocycles. The van der Waals surface area contributed by atoms with Crippen LogP contribution in [0.1, 0.15) is 11.1 Å². The molecule has 1 aliphatic rings. The molecule has 0 radical (unpaired) electrons. The second kappa shape index (κ2) is 9.07. The van der Waals surface area contributed by atoms with E-state index in [2.05, 4.69) is 15.4 Å². The lowest BCUT2D eigenvalue weighted by molar-refractivity contribution is -0.133. The third kappa shape index (κ3) is 4.38. The highest BCUT2D eigenvalue weighted by molar-refractivity contribution is 6.12. The third-order valence-electron chi connectivity index (χ3n) is 5.18. The summed E-state index contributed by atoms with van der Waals surface area (Å²) in [6, 6.07) is 22.2. The number of imide groups is 1. The van der Waals surface area contributed by atoms with Gasteiger partial charge < -0.3 is 15.4 Å². The lowest BCUT2D eigenvalue weighted by Crippen LogP contribution is -2.45. The minimum Gasteiger partial charge on any atom is -0.435 e. The Hall–Kier alpha value is -4.27. The average Bonchev–Trinajstić information content (AvgIpc) is 3.07. The number of amides is 4. The van der Waals surface area contributed by atoms with Crippen molar-refractivity contribution >= 4 is 23.5 Å². The SMILES string of the molecule is O=C(CN1C(=O)NC(c2ccccc2)(c2ccccc2)C1=O)Nc1ccc(OC(F)F)cc1. The van der Waals surface area contributed by atoms with Crippen LogP contribution in [0.25, 0.3) is 0 Å². The van der Waals surface area contributed by atoms with Gasteiger partial charge in [-0.2, -0.15) is 8.78 Å². The maximum absolute atomic E-state index is 13.5. The van der Waals surface area contributed by atoms with Crippen molar-refractivity contribution in [1.82, 2.24) is 10.2 Å². The Kier molecular flexibility index (Phi) is 6.03. The number of urea groups is 1. The first-order chi connectivity index (χ1) is 15.9. The summed E-state index contributed by atoms with van der Waals surface area (Å²) in [4.78, 5) is 39.8. The van der Waals surface area contributed by atoms with E-state index in [0.717, 1.165) is 4.90 Å². The largest absolute Gasteiger partial charge is 0.435 e. The zero-order valence-electron chi connectivity index (χ0n) is 17.2. The number of hydrogen-bond donors (Lipinski definition) is 2. The lowest BCUT2D eigenvalue weighted by Gasteiger charge is -2.28. The van der Waals surface area contributed by atoms with Crippen LogP contribution in [0.15, 0.2) is 84.9 Å². The minimum atomic E-state index is -2.96. The van der Waals surface area contributed by atoms with E-state index in [4.69, 9.17) is 0 Å². The van der Waals surface area contributed by atoms with Crippen molar-refractivity contribution in [3.63, 3.8) is 0 Å². The number of hydrogen-bond acceptors (Lipinski definition) is 4. The number of carbonyl (C=O) groups is 3. The molecule has 0 aromatic heterocycles. The fourth-order valence-electron chi connectivity index (χ4n) is 3.72. The third-order valence-corrected chi connectivity index (χ3v) is 5.18. The number of nitrogens with one attached hydrogen (secondary N) is 2. The van der Waals surface area contributed by atoms with Gasteiger partial charge in [-0.05, 0) is 35.4 Å². The Morgan fingerprint density at radius 3 is 1.97 bits per heavy atom. The molecule has 3 aromatic carbocycles. The van der Waals surface area contributed by atoms with Crippen molar-refractivity contribution in [2.24, 2.45) is 0 Å². The van der Waals surface area contributed by atoms with Crippen molar-refractivity contribution < 1.29 is 27.9 Å². The fourth-order valence-corrected chi connectivity index (χ4v) is 3.72. The molecule has 7 nitrogen and oxygen atoms in total. The van der Waals surface area contributed by atoms with Gasteiger partial charge in [0.25, 0.3) is 5.91 Å². The number of alkyl halides is 2. The van der Waals surface area contributed by atoms with E-state index < -0.39 is 36.5 Å². The van der Waals surface area contributed by atoms with Gasteiger partial charge in [-0.15, -0.1) is 0 Å². The summed E-state index contributed by atoms with van der Waals surface area (Å²) in [6.07, 6.45) is 0. The van der Waals surface area contributed by atoms with Crippen LogP contribution in [0.3, 0.4) is 0 Å². The number of nitrogens with zero attached hydrogens (tertiary/aromatic N) is 1. The fraction of sp³-hybridized carbons (Fsp3) is 0.125. The molecule has 0 saturated carbocycles. The van der Waals surface area contributed by atoms with Gasteiger partial charge in [0, 0.05) is 5.69 Å². The number of benzene rings is 3. The predicted molar refractivity (Wildman–Crippen MR) is 116 cm³/mol. The van der Waals surface area contributed by atoms with Crippen LogP contribution in [0.2, 0.25) is 0 Å². The van der Waals surface area contributed by atoms with E-state index in [1.807, 2.05) is 0 Å². The van der Waals surface area contributed by atoms with E-state index in [-0.39, 0.29) is 5.75 Å². The van der Waals surface area contributed by atoms with Gasteiger partial charge in [0.15, 0.2) is 5.54 Å². The first-order valence-electron chi connectivity index (χ1n) is 10.00. The van der Waals surface area contributed by atoms with Crippen LogP contribution < -0.4 is 15.4 Å². The second-order valence-electron chi connectivity index (χ2n) is 7.25. The molecule has 4 amide bonds. The van der Waals surface area contributed by atoms with E-state index >= 15 is 0 Å². The molecule has 0 unspecified atom stereocenters. The van der Waals surface area contributed by atoms with Crippen LogP contribution >= 0.6 is 0 Å². The summed E-state index contributed by atoms with van der Waals surface area (Å²) in [5.41, 5.74) is -0.0427. The van der Waals surface area contributed by atoms with E-state index in [1.165, 1.54) is 24.3 Å². The quantitative estimate of drug-likeness (QED) is 0.536. The van der Waals surface area contributed by atoms with Crippen molar-refractivity contribution in [2.75, 3.05) is 11.9 Å². The standard InChI is InChI=1S/C24H19F2N3O4/c25-22(26)33-19-13-11-18(12-14-19)27-20(30)15-29-21(31)24(28-23(29)32,16-7-3-1-4-8-16)17-9-5-2-6-10-17/h1-14,22H,15H2,(H,27,30)(H,28,32). The predicted octanol–water partition coefficient (Wildman–Crippen LogP) is 3.72. The Morgan fingerprint density at radius 2 is 1.45 bits per heavy atom. The summed E-state index contributed by atoms with van der Waals surface area (Å²) in [7, 11) is 0. The Balaban J connectivity index is 1.55. The van der Waals surface area contributed by atoms with Crippen molar-refractivity contribution in [2.45, 2.75) is 12.2 Å². The normalized spacial score (nSPS) is 14.8. The molecule has 0 bridgehead atoms. The van der Waals surface area contributed by atoms with Gasteiger partial charge in [-0.1, -0.05) is 60.7 Å². The number of rotatable bonds is 7. The summed E-state index contributed by atoms with van der Waals surface area (Å²) in [5, 5.41) is 5.31. The van der Waals surface area contributed by atoms with E-state index in [0.29, 0.717) is 16.8 Å². The molecule has 2 N–H and O–H groups in total. The van der Waals surface area contributed by atoms with Crippen LogP contribution in [-0.2, 0) is 15.1 Å². The Morgan fingerprint density at radius 1 is 0.909 bits per heavy atom. The molecule has 1 heterocycles. The van der Waals surface area contributed by atoms with E-state index in [1.54, 1.807) is 60.7 Å². The van der Waals surface area contributed by atoms with Gasteiger partial charge in [0.1, 0.15) is 12.3 Å². The number of anilines is 1. The molecule has 0 atom stereocenters. The zero-order chi connectivity index (χ0) is 23.4. The molecular formula is C24H19F2N3O4. The molecular weight excluding hydrogens is 432 g/mol. The molecule has 3 aromatic rings. The maximum atomic E-state index is 13.5. The lowest BCUT2D eigenvalue weighted by atomic mass is 9.82. The highest BCUT2D eigenvalue weighted by atomic mass is 19.3. The summed E-state index contributed by atoms with van der Waals surface area (Å²) in [5.74, 6) is -1.27. The van der Waals surface area contributed by atoms with Crippen molar-refractivity contribution in [3.8, 4) is 5.75 Å². The van der Waals surface area contributed by atoms with Gasteiger partial charge in [0.2, 0.25) is 5.91 Å². The van der Waals surface area contributed by atoms with Crippen LogP contribution in [0, 0.1) is 0 Å². The first kappa shape index (κ1) is 21.9. The number of ether oxygens (including phenoxy) is 1. The Bertz CT molecular complexity index is 1120. The molecule has 0 spiro atoms. The summed E-state index contributed by atoms with van der Waals surface area (Å²) >= 11 is 0. The van der Waals surface area contributed by atoms with E-state index in [9.17, 15) is 23.2 Å². The van der Waals surface area contributed by atoms with Crippen molar-refractivity contribution in [3.05, 3.63) is 96.1 Å². The van der Waals surface area contributed by atoms with Gasteiger partial charge >= 0.3 is 12.6 Å². The van der Waals surface area contributed by atoms with Gasteiger partial charge in [-0.25, -0.2) is 4.79 Å². The highest BCUT2D eigenvalue weighted by Crippen LogP contribution is 2.35. The van der Waals surface area contributed by atoms with Crippen LogP contribution in [0.4, 0.5) is 19.3 Å². The molecule has 1 aliphatic heterocycles. The monoisotopic (exact) mass is 451 g/mol. The van der Waals surface area contributed by atoms with Gasteiger partial charge in [0.05, 0.1) is 0 Å². The molecule has 1 fully saturated rings. The molecule has 0 aliphatic carbocycles. The first-order valence-corrected chi connectivity index (χ1v) is 10.00. The maximum Gasteiger partial charge on any atom is 0.387 e. The topological polar surface area (TPSA) is 87.7 Å². The second-order valence-corrected chi connectivity index (χ2v) is 7.25. The van der Waals surface area contributed by atoms with Gasteiger partial charge in [-0.3, -0.25) is 14.5 Å². The average molecular weight is 451 g/mol. The smallest absolute Gasteiger partial charge is 0.387 e. The van der Waals surface area contributed by atoms with Crippen LogP contribution in [-0.4, -0.2) is 35.9 Å². The minimum absolute atomic E-state index is 0.0624. The molecule has 33 heavy (non-hydrogen) atoms. The highest BCUT2D eigenvalue weighted by Gasteiger charge is 2.54. The summed E-state index contributed by atoms with van der Waals surface area (Å²) < 4.78 is 28.8. The number of carbonyl (C=O) groups excluding carboxylic acids is 3. The van der Waals surface area contributed by atoms with Crippen molar-refractivity contribution in [1.29, 1.82) is 0 Å².